The SMILES string of the molecule is O=C(O)C1(C(=O)O)CCNCC1. The van der Waals surface area contributed by atoms with Crippen LogP contribution in [-0.2, 0) is 9.59 Å². The number of nitrogens with one attached hydrogen (secondary N) is 1. The lowest BCUT2D eigenvalue weighted by Crippen LogP contribution is -2.47. The highest BCUT2D eigenvalue weighted by Gasteiger charge is 2.46. The zero-order valence-electron chi connectivity index (χ0n) is 6.54. The minimum absolute atomic E-state index is 0.164. The molecule has 1 fully saturated rings. The number of carbonyl (C=O) groups is 2. The maximum atomic E-state index is 10.7. The van der Waals surface area contributed by atoms with Crippen LogP contribution in [0.1, 0.15) is 12.8 Å². The van der Waals surface area contributed by atoms with Crippen molar-refractivity contribution >= 4 is 11.9 Å². The van der Waals surface area contributed by atoms with Gasteiger partial charge in [0.05, 0.1) is 0 Å². The van der Waals surface area contributed by atoms with E-state index in [0.29, 0.717) is 13.1 Å². The Labute approximate surface area is 69.4 Å². The van der Waals surface area contributed by atoms with Crippen molar-refractivity contribution in [3.05, 3.63) is 0 Å². The third kappa shape index (κ3) is 1.27. The zero-order chi connectivity index (χ0) is 9.19. The summed E-state index contributed by atoms with van der Waals surface area (Å²) in [7, 11) is 0. The minimum Gasteiger partial charge on any atom is -0.480 e. The number of aliphatic carboxylic acids is 2. The van der Waals surface area contributed by atoms with Crippen LogP contribution in [0.5, 0.6) is 0 Å². The molecule has 0 aromatic rings. The van der Waals surface area contributed by atoms with Gasteiger partial charge in [-0.15, -0.1) is 0 Å². The number of hydrogen-bond acceptors (Lipinski definition) is 3. The van der Waals surface area contributed by atoms with Gasteiger partial charge in [0.1, 0.15) is 0 Å². The first-order valence-corrected chi connectivity index (χ1v) is 3.77. The van der Waals surface area contributed by atoms with Gasteiger partial charge >= 0.3 is 11.9 Å². The van der Waals surface area contributed by atoms with Gasteiger partial charge in [0.15, 0.2) is 5.41 Å². The van der Waals surface area contributed by atoms with Gasteiger partial charge in [0.25, 0.3) is 0 Å². The van der Waals surface area contributed by atoms with Gasteiger partial charge in [0, 0.05) is 0 Å². The molecule has 0 aromatic heterocycles. The Morgan fingerprint density at radius 1 is 1.08 bits per heavy atom. The van der Waals surface area contributed by atoms with E-state index in [1.165, 1.54) is 0 Å². The highest BCUT2D eigenvalue weighted by Crippen LogP contribution is 2.29. The second-order valence-electron chi connectivity index (χ2n) is 2.94. The van der Waals surface area contributed by atoms with Crippen molar-refractivity contribution in [1.82, 2.24) is 5.32 Å². The zero-order valence-corrected chi connectivity index (χ0v) is 6.54. The summed E-state index contributed by atoms with van der Waals surface area (Å²) in [6, 6.07) is 0. The van der Waals surface area contributed by atoms with Gasteiger partial charge in [-0.25, -0.2) is 0 Å². The lowest BCUT2D eigenvalue weighted by Gasteiger charge is -2.29. The molecule has 0 radical (unpaired) electrons. The van der Waals surface area contributed by atoms with E-state index in [4.69, 9.17) is 10.2 Å². The molecule has 1 rings (SSSR count). The molecule has 1 aliphatic rings. The van der Waals surface area contributed by atoms with E-state index in [2.05, 4.69) is 5.32 Å². The van der Waals surface area contributed by atoms with Crippen LogP contribution in [0.4, 0.5) is 0 Å². The summed E-state index contributed by atoms with van der Waals surface area (Å²) < 4.78 is 0. The monoisotopic (exact) mass is 173 g/mol. The Morgan fingerprint density at radius 2 is 1.50 bits per heavy atom. The smallest absolute Gasteiger partial charge is 0.321 e. The first-order valence-electron chi connectivity index (χ1n) is 3.77. The fourth-order valence-electron chi connectivity index (χ4n) is 1.37. The van der Waals surface area contributed by atoms with Crippen molar-refractivity contribution in [3.63, 3.8) is 0 Å². The molecule has 1 aliphatic heterocycles. The van der Waals surface area contributed by atoms with Crippen LogP contribution in [0.25, 0.3) is 0 Å². The van der Waals surface area contributed by atoms with Crippen LogP contribution < -0.4 is 5.32 Å². The van der Waals surface area contributed by atoms with Gasteiger partial charge in [-0.2, -0.15) is 0 Å². The summed E-state index contributed by atoms with van der Waals surface area (Å²) >= 11 is 0. The van der Waals surface area contributed by atoms with E-state index in [1.54, 1.807) is 0 Å². The van der Waals surface area contributed by atoms with Crippen LogP contribution in [0.3, 0.4) is 0 Å². The summed E-state index contributed by atoms with van der Waals surface area (Å²) in [4.78, 5) is 21.4. The van der Waals surface area contributed by atoms with Crippen LogP contribution >= 0.6 is 0 Å². The van der Waals surface area contributed by atoms with Gasteiger partial charge in [-0.1, -0.05) is 0 Å². The molecule has 0 aliphatic carbocycles. The average Bonchev–Trinajstić information content (AvgIpc) is 2.05. The van der Waals surface area contributed by atoms with Crippen LogP contribution in [0.2, 0.25) is 0 Å². The standard InChI is InChI=1S/C7H11NO4/c9-5(10)7(6(11)12)1-3-8-4-2-7/h8H,1-4H2,(H,9,10)(H,11,12). The molecule has 0 saturated carbocycles. The number of rotatable bonds is 2. The molecule has 5 nitrogen and oxygen atoms in total. The summed E-state index contributed by atoms with van der Waals surface area (Å²) in [5.41, 5.74) is -1.55. The molecule has 0 spiro atoms. The number of carboxylic acids is 2. The summed E-state index contributed by atoms with van der Waals surface area (Å²) in [5.74, 6) is -2.45. The molecule has 0 amide bonds. The fraction of sp³-hybridized carbons (Fsp3) is 0.714. The maximum absolute atomic E-state index is 10.7. The van der Waals surface area contributed by atoms with E-state index in [1.807, 2.05) is 0 Å². The molecule has 1 saturated heterocycles. The van der Waals surface area contributed by atoms with Gasteiger partial charge < -0.3 is 15.5 Å². The fourth-order valence-corrected chi connectivity index (χ4v) is 1.37. The second-order valence-corrected chi connectivity index (χ2v) is 2.94. The van der Waals surface area contributed by atoms with Gasteiger partial charge in [-0.3, -0.25) is 9.59 Å². The molecule has 12 heavy (non-hydrogen) atoms. The predicted molar refractivity (Wildman–Crippen MR) is 39.8 cm³/mol. The first-order chi connectivity index (χ1) is 5.59. The van der Waals surface area contributed by atoms with Crippen molar-refractivity contribution in [2.24, 2.45) is 5.41 Å². The van der Waals surface area contributed by atoms with Crippen LogP contribution in [-0.4, -0.2) is 35.2 Å². The number of carboxylic acid groups (broad SMARTS) is 2. The molecule has 1 heterocycles. The molecule has 0 aromatic carbocycles. The van der Waals surface area contributed by atoms with Gasteiger partial charge in [-0.05, 0) is 25.9 Å². The Bertz CT molecular complexity index is 191. The minimum atomic E-state index is -1.55. The molecule has 0 bridgehead atoms. The molecule has 5 heteroatoms. The third-order valence-electron chi connectivity index (χ3n) is 2.28. The molecular formula is C7H11NO4. The lowest BCUT2D eigenvalue weighted by molar-refractivity contribution is -0.166. The van der Waals surface area contributed by atoms with E-state index in [-0.39, 0.29) is 12.8 Å². The van der Waals surface area contributed by atoms with Crippen molar-refractivity contribution < 1.29 is 19.8 Å². The van der Waals surface area contributed by atoms with E-state index < -0.39 is 17.4 Å². The Morgan fingerprint density at radius 3 is 1.75 bits per heavy atom. The van der Waals surface area contributed by atoms with E-state index in [0.717, 1.165) is 0 Å². The predicted octanol–water partition coefficient (Wildman–Crippen LogP) is -0.475. The Kier molecular flexibility index (Phi) is 2.32. The highest BCUT2D eigenvalue weighted by atomic mass is 16.4. The quantitative estimate of drug-likeness (QED) is 0.491. The molecular weight excluding hydrogens is 162 g/mol. The van der Waals surface area contributed by atoms with E-state index >= 15 is 0 Å². The third-order valence-corrected chi connectivity index (χ3v) is 2.28. The summed E-state index contributed by atoms with van der Waals surface area (Å²) in [5, 5.41) is 20.4. The normalized spacial score (nSPS) is 21.7. The number of piperidine rings is 1. The summed E-state index contributed by atoms with van der Waals surface area (Å²) in [6.45, 7) is 0.914. The van der Waals surface area contributed by atoms with Crippen molar-refractivity contribution in [3.8, 4) is 0 Å². The molecule has 3 N–H and O–H groups in total. The molecule has 0 atom stereocenters. The van der Waals surface area contributed by atoms with Crippen LogP contribution in [0, 0.1) is 5.41 Å². The lowest BCUT2D eigenvalue weighted by atomic mass is 9.79. The maximum Gasteiger partial charge on any atom is 0.321 e. The summed E-state index contributed by atoms with van der Waals surface area (Å²) in [6.07, 6.45) is 0.329. The Balaban J connectivity index is 2.84. The topological polar surface area (TPSA) is 86.6 Å². The van der Waals surface area contributed by atoms with E-state index in [9.17, 15) is 9.59 Å². The van der Waals surface area contributed by atoms with Crippen LogP contribution in [0.15, 0.2) is 0 Å². The number of hydrogen-bond donors (Lipinski definition) is 3. The van der Waals surface area contributed by atoms with Crippen molar-refractivity contribution in [2.45, 2.75) is 12.8 Å². The highest BCUT2D eigenvalue weighted by molar-refractivity contribution is 5.98. The molecule has 0 unspecified atom stereocenters. The largest absolute Gasteiger partial charge is 0.480 e. The van der Waals surface area contributed by atoms with Crippen molar-refractivity contribution in [2.75, 3.05) is 13.1 Å². The van der Waals surface area contributed by atoms with Gasteiger partial charge in [0.2, 0.25) is 0 Å². The Hall–Kier alpha value is -1.10. The van der Waals surface area contributed by atoms with Crippen molar-refractivity contribution in [1.29, 1.82) is 0 Å². The first kappa shape index (κ1) is 8.99. The average molecular weight is 173 g/mol. The molecule has 68 valence electrons. The second kappa shape index (κ2) is 3.10.